The molecule has 1 saturated carbocycles. The summed E-state index contributed by atoms with van der Waals surface area (Å²) < 4.78 is 16.7. The fourth-order valence-corrected chi connectivity index (χ4v) is 3.34. The van der Waals surface area contributed by atoms with Crippen molar-refractivity contribution in [2.24, 2.45) is 5.92 Å². The number of benzene rings is 1. The molecule has 1 aromatic carbocycles. The van der Waals surface area contributed by atoms with E-state index in [0.717, 1.165) is 30.0 Å². The molecule has 0 radical (unpaired) electrons. The van der Waals surface area contributed by atoms with Crippen LogP contribution in [-0.4, -0.2) is 37.9 Å². The van der Waals surface area contributed by atoms with Crippen LogP contribution in [0.15, 0.2) is 24.3 Å². The number of anilines is 1. The first-order valence-corrected chi connectivity index (χ1v) is 8.91. The third-order valence-corrected chi connectivity index (χ3v) is 4.68. The van der Waals surface area contributed by atoms with Gasteiger partial charge in [-0.15, -0.1) is 0 Å². The Bertz CT molecular complexity index is 542. The number of ether oxygens (including phenoxy) is 3. The minimum absolute atomic E-state index is 0.158. The third-order valence-electron chi connectivity index (χ3n) is 4.68. The highest BCUT2D eigenvalue weighted by Crippen LogP contribution is 2.26. The molecule has 132 valence electrons. The van der Waals surface area contributed by atoms with Crippen molar-refractivity contribution in [3.63, 3.8) is 0 Å². The summed E-state index contributed by atoms with van der Waals surface area (Å²) in [5, 5.41) is 2.90. The highest BCUT2D eigenvalue weighted by Gasteiger charge is 2.23. The summed E-state index contributed by atoms with van der Waals surface area (Å²) in [5.41, 5.74) is 1.85. The molecule has 5 nitrogen and oxygen atoms in total. The average Bonchev–Trinajstić information content (AvgIpc) is 2.61. The first kappa shape index (κ1) is 17.4. The lowest BCUT2D eigenvalue weighted by Crippen LogP contribution is -2.39. The lowest BCUT2D eigenvalue weighted by Gasteiger charge is -2.26. The van der Waals surface area contributed by atoms with Crippen molar-refractivity contribution < 1.29 is 19.0 Å². The van der Waals surface area contributed by atoms with Gasteiger partial charge in [-0.3, -0.25) is 4.79 Å². The van der Waals surface area contributed by atoms with Crippen LogP contribution in [0, 0.1) is 5.92 Å². The van der Waals surface area contributed by atoms with Crippen molar-refractivity contribution in [2.75, 3.05) is 25.1 Å². The lowest BCUT2D eigenvalue weighted by atomic mass is 9.89. The molecular formula is C19H27NO4. The Kier molecular flexibility index (Phi) is 6.24. The molecule has 1 aliphatic heterocycles. The van der Waals surface area contributed by atoms with E-state index < -0.39 is 6.10 Å². The van der Waals surface area contributed by atoms with Gasteiger partial charge >= 0.3 is 0 Å². The van der Waals surface area contributed by atoms with Gasteiger partial charge in [-0.1, -0.05) is 31.9 Å². The Hall–Kier alpha value is -1.43. The fourth-order valence-electron chi connectivity index (χ4n) is 3.34. The van der Waals surface area contributed by atoms with E-state index in [1.54, 1.807) is 0 Å². The van der Waals surface area contributed by atoms with Crippen molar-refractivity contribution in [3.05, 3.63) is 29.8 Å². The molecule has 3 atom stereocenters. The van der Waals surface area contributed by atoms with Crippen molar-refractivity contribution in [1.82, 2.24) is 0 Å². The van der Waals surface area contributed by atoms with E-state index in [0.29, 0.717) is 32.5 Å². The van der Waals surface area contributed by atoms with Crippen LogP contribution in [0.25, 0.3) is 0 Å². The van der Waals surface area contributed by atoms with E-state index >= 15 is 0 Å². The van der Waals surface area contributed by atoms with Crippen molar-refractivity contribution in [3.8, 4) is 0 Å². The van der Waals surface area contributed by atoms with E-state index in [1.165, 1.54) is 12.8 Å². The van der Waals surface area contributed by atoms with Crippen molar-refractivity contribution >= 4 is 11.6 Å². The molecule has 3 unspecified atom stereocenters. The van der Waals surface area contributed by atoms with E-state index in [9.17, 15) is 4.79 Å². The monoisotopic (exact) mass is 333 g/mol. The summed E-state index contributed by atoms with van der Waals surface area (Å²) in [6.45, 7) is 4.21. The van der Waals surface area contributed by atoms with E-state index in [4.69, 9.17) is 14.2 Å². The number of hydrogen-bond donors (Lipinski definition) is 1. The van der Waals surface area contributed by atoms with Crippen LogP contribution in [0.4, 0.5) is 5.69 Å². The van der Waals surface area contributed by atoms with Gasteiger partial charge in [0.05, 0.1) is 32.5 Å². The van der Waals surface area contributed by atoms with Gasteiger partial charge in [0.1, 0.15) is 0 Å². The predicted octanol–water partition coefficient (Wildman–Crippen LogP) is 3.14. The van der Waals surface area contributed by atoms with Crippen LogP contribution in [-0.2, 0) is 25.6 Å². The topological polar surface area (TPSA) is 56.8 Å². The minimum atomic E-state index is -0.526. The molecule has 1 aromatic rings. The summed E-state index contributed by atoms with van der Waals surface area (Å²) in [4.78, 5) is 12.2. The summed E-state index contributed by atoms with van der Waals surface area (Å²) in [7, 11) is 0. The maximum Gasteiger partial charge on any atom is 0.255 e. The van der Waals surface area contributed by atoms with Gasteiger partial charge in [0.2, 0.25) is 0 Å². The van der Waals surface area contributed by atoms with E-state index in [1.807, 2.05) is 24.3 Å². The first-order valence-electron chi connectivity index (χ1n) is 8.91. The summed E-state index contributed by atoms with van der Waals surface area (Å²) in [5.74, 6) is 0.598. The smallest absolute Gasteiger partial charge is 0.255 e. The second-order valence-electron chi connectivity index (χ2n) is 6.83. The second kappa shape index (κ2) is 8.60. The van der Waals surface area contributed by atoms with Gasteiger partial charge in [0.15, 0.2) is 6.10 Å². The van der Waals surface area contributed by atoms with Crippen LogP contribution in [0.2, 0.25) is 0 Å². The summed E-state index contributed by atoms with van der Waals surface area (Å²) >= 11 is 0. The molecule has 1 saturated heterocycles. The predicted molar refractivity (Wildman–Crippen MR) is 91.8 cm³/mol. The Morgan fingerprint density at radius 3 is 3.04 bits per heavy atom. The minimum Gasteiger partial charge on any atom is -0.376 e. The van der Waals surface area contributed by atoms with Crippen LogP contribution in [0.5, 0.6) is 0 Å². The van der Waals surface area contributed by atoms with Crippen molar-refractivity contribution in [2.45, 2.75) is 51.4 Å². The highest BCUT2D eigenvalue weighted by atomic mass is 16.6. The van der Waals surface area contributed by atoms with Gasteiger partial charge in [-0.2, -0.15) is 0 Å². The van der Waals surface area contributed by atoms with Gasteiger partial charge in [0.25, 0.3) is 5.91 Å². The van der Waals surface area contributed by atoms with Crippen LogP contribution in [0.3, 0.4) is 0 Å². The molecule has 3 rings (SSSR count). The normalized spacial score (nSPS) is 27.6. The summed E-state index contributed by atoms with van der Waals surface area (Å²) in [6.07, 6.45) is 4.71. The Morgan fingerprint density at radius 2 is 2.25 bits per heavy atom. The second-order valence-corrected chi connectivity index (χ2v) is 6.83. The largest absolute Gasteiger partial charge is 0.376 e. The molecule has 24 heavy (non-hydrogen) atoms. The molecule has 0 bridgehead atoms. The van der Waals surface area contributed by atoms with Crippen LogP contribution >= 0.6 is 0 Å². The molecule has 5 heteroatoms. The number of carbonyl (C=O) groups excluding carboxylic acids is 1. The molecule has 1 N–H and O–H groups in total. The Morgan fingerprint density at radius 1 is 1.33 bits per heavy atom. The van der Waals surface area contributed by atoms with Gasteiger partial charge < -0.3 is 19.5 Å². The average molecular weight is 333 g/mol. The highest BCUT2D eigenvalue weighted by molar-refractivity contribution is 5.94. The lowest BCUT2D eigenvalue weighted by molar-refractivity contribution is -0.142. The zero-order valence-electron chi connectivity index (χ0n) is 14.3. The van der Waals surface area contributed by atoms with E-state index in [2.05, 4.69) is 12.2 Å². The maximum atomic E-state index is 12.2. The molecule has 0 spiro atoms. The van der Waals surface area contributed by atoms with Gasteiger partial charge in [-0.25, -0.2) is 0 Å². The molecule has 1 heterocycles. The van der Waals surface area contributed by atoms with Crippen molar-refractivity contribution in [1.29, 1.82) is 0 Å². The first-order chi connectivity index (χ1) is 11.7. The number of rotatable bonds is 5. The van der Waals surface area contributed by atoms with Gasteiger partial charge in [-0.05, 0) is 36.5 Å². The summed E-state index contributed by atoms with van der Waals surface area (Å²) in [6, 6.07) is 7.82. The zero-order chi connectivity index (χ0) is 16.8. The van der Waals surface area contributed by atoms with Gasteiger partial charge in [0, 0.05) is 5.69 Å². The zero-order valence-corrected chi connectivity index (χ0v) is 14.3. The SMILES string of the molecule is CC1CCCC(OCc2cccc(NC(=O)C3COCCO3)c2)C1. The number of nitrogens with one attached hydrogen (secondary N) is 1. The maximum absolute atomic E-state index is 12.2. The molecule has 2 aliphatic rings. The fraction of sp³-hybridized carbons (Fsp3) is 0.632. The number of amides is 1. The number of carbonyl (C=O) groups is 1. The Labute approximate surface area is 143 Å². The molecule has 0 aromatic heterocycles. The van der Waals surface area contributed by atoms with Crippen LogP contribution < -0.4 is 5.32 Å². The standard InChI is InChI=1S/C19H27NO4/c1-14-4-2-7-17(10-14)24-12-15-5-3-6-16(11-15)20-19(21)18-13-22-8-9-23-18/h3,5-6,11,14,17-18H,2,4,7-10,12-13H2,1H3,(H,20,21). The number of hydrogen-bond acceptors (Lipinski definition) is 4. The molecule has 1 aliphatic carbocycles. The molecule has 2 fully saturated rings. The third kappa shape index (κ3) is 5.03. The Balaban J connectivity index is 1.50. The van der Waals surface area contributed by atoms with E-state index in [-0.39, 0.29) is 5.91 Å². The van der Waals surface area contributed by atoms with Crippen LogP contribution in [0.1, 0.15) is 38.2 Å². The molecular weight excluding hydrogens is 306 g/mol. The quantitative estimate of drug-likeness (QED) is 0.899. The molecule has 1 amide bonds.